The average molecular weight is 370 g/mol. The molecule has 0 saturated carbocycles. The van der Waals surface area contributed by atoms with Crippen LogP contribution in [-0.2, 0) is 4.79 Å². The summed E-state index contributed by atoms with van der Waals surface area (Å²) in [4.78, 5) is 13.2. The Hall–Kier alpha value is -3.07. The van der Waals surface area contributed by atoms with Gasteiger partial charge in [-0.3, -0.25) is 4.79 Å². The molecule has 0 spiro atoms. The molecule has 0 amide bonds. The molecule has 1 unspecified atom stereocenters. The molecule has 1 N–H and O–H groups in total. The number of ether oxygens (including phenoxy) is 1. The Kier molecular flexibility index (Phi) is 3.63. The van der Waals surface area contributed by atoms with Gasteiger partial charge in [0.2, 0.25) is 0 Å². The highest BCUT2D eigenvalue weighted by Gasteiger charge is 2.42. The smallest absolute Gasteiger partial charge is 0.163 e. The van der Waals surface area contributed by atoms with Crippen LogP contribution in [-0.4, -0.2) is 10.9 Å². The molecule has 3 aromatic carbocycles. The summed E-state index contributed by atoms with van der Waals surface area (Å²) in [6.07, 6.45) is 1.26. The van der Waals surface area contributed by atoms with Crippen LogP contribution in [0.4, 0.5) is 0 Å². The zero-order valence-electron chi connectivity index (χ0n) is 16.0. The summed E-state index contributed by atoms with van der Waals surface area (Å²) >= 11 is 0. The van der Waals surface area contributed by atoms with Gasteiger partial charge in [0.05, 0.1) is 0 Å². The number of phenols is 1. The van der Waals surface area contributed by atoms with E-state index in [1.807, 2.05) is 24.3 Å². The van der Waals surface area contributed by atoms with Gasteiger partial charge in [0.1, 0.15) is 17.3 Å². The van der Waals surface area contributed by atoms with Crippen molar-refractivity contribution in [3.8, 4) is 11.5 Å². The number of fused-ring (bicyclic) bond motifs is 3. The summed E-state index contributed by atoms with van der Waals surface area (Å²) in [6.45, 7) is 4.23. The molecule has 1 heterocycles. The Balaban J connectivity index is 1.79. The topological polar surface area (TPSA) is 46.5 Å². The molecule has 1 aliphatic heterocycles. The number of Topliss-reactive ketones (excluding diaryl/α,β-unsaturated/α-hetero) is 1. The number of aromatic hydroxyl groups is 1. The van der Waals surface area contributed by atoms with E-state index in [2.05, 4.69) is 38.1 Å². The Bertz CT molecular complexity index is 1140. The maximum absolute atomic E-state index is 13.2. The van der Waals surface area contributed by atoms with Gasteiger partial charge in [0, 0.05) is 35.3 Å². The van der Waals surface area contributed by atoms with Crippen molar-refractivity contribution in [1.29, 1.82) is 0 Å². The SMILES string of the molecule is CC1(C)CC(=O)C2=C(C1)Oc1c(ccc3ccccc13)C2c1ccc(O)cc1. The number of hydrogen-bond acceptors (Lipinski definition) is 3. The first-order valence-electron chi connectivity index (χ1n) is 9.68. The van der Waals surface area contributed by atoms with Crippen LogP contribution >= 0.6 is 0 Å². The summed E-state index contributed by atoms with van der Waals surface area (Å²) < 4.78 is 6.44. The molecule has 0 bridgehead atoms. The quantitative estimate of drug-likeness (QED) is 0.596. The molecular formula is C25H22O3. The molecule has 140 valence electrons. The molecule has 0 saturated heterocycles. The molecule has 1 atom stereocenters. The number of carbonyl (C=O) groups excluding carboxylic acids is 1. The molecule has 28 heavy (non-hydrogen) atoms. The zero-order chi connectivity index (χ0) is 19.5. The molecule has 3 heteroatoms. The number of hydrogen-bond donors (Lipinski definition) is 1. The first-order valence-corrected chi connectivity index (χ1v) is 9.68. The van der Waals surface area contributed by atoms with E-state index in [0.29, 0.717) is 6.42 Å². The van der Waals surface area contributed by atoms with E-state index in [1.165, 1.54) is 0 Å². The fourth-order valence-electron chi connectivity index (χ4n) is 4.58. The molecule has 3 aromatic rings. The number of ketones is 1. The van der Waals surface area contributed by atoms with Crippen molar-refractivity contribution in [3.63, 3.8) is 0 Å². The van der Waals surface area contributed by atoms with Gasteiger partial charge >= 0.3 is 0 Å². The van der Waals surface area contributed by atoms with Crippen molar-refractivity contribution in [2.45, 2.75) is 32.6 Å². The molecule has 0 aromatic heterocycles. The lowest BCUT2D eigenvalue weighted by atomic mass is 9.70. The van der Waals surface area contributed by atoms with E-state index in [1.54, 1.807) is 12.1 Å². The predicted molar refractivity (Wildman–Crippen MR) is 110 cm³/mol. The van der Waals surface area contributed by atoms with Gasteiger partial charge in [0.15, 0.2) is 5.78 Å². The fraction of sp³-hybridized carbons (Fsp3) is 0.240. The van der Waals surface area contributed by atoms with Crippen LogP contribution in [0.1, 0.15) is 43.7 Å². The third-order valence-electron chi connectivity index (χ3n) is 5.84. The van der Waals surface area contributed by atoms with Crippen molar-refractivity contribution < 1.29 is 14.6 Å². The van der Waals surface area contributed by atoms with Crippen LogP contribution in [0.2, 0.25) is 0 Å². The molecular weight excluding hydrogens is 348 g/mol. The summed E-state index contributed by atoms with van der Waals surface area (Å²) in [5, 5.41) is 11.9. The van der Waals surface area contributed by atoms with Gasteiger partial charge in [-0.2, -0.15) is 0 Å². The minimum absolute atomic E-state index is 0.114. The van der Waals surface area contributed by atoms with E-state index in [4.69, 9.17) is 4.74 Å². The minimum Gasteiger partial charge on any atom is -0.508 e. The van der Waals surface area contributed by atoms with E-state index in [-0.39, 0.29) is 22.9 Å². The molecule has 5 rings (SSSR count). The predicted octanol–water partition coefficient (Wildman–Crippen LogP) is 5.71. The standard InChI is InChI=1S/C25H22O3/c1-25(2)13-20(27)23-21(14-25)28-24-18-6-4-3-5-15(18)9-12-19(24)22(23)16-7-10-17(26)11-8-16/h3-12,22,26H,13-14H2,1-2H3. The van der Waals surface area contributed by atoms with Crippen molar-refractivity contribution in [2.24, 2.45) is 5.41 Å². The molecule has 0 fully saturated rings. The number of rotatable bonds is 1. The van der Waals surface area contributed by atoms with Gasteiger partial charge < -0.3 is 9.84 Å². The average Bonchev–Trinajstić information content (AvgIpc) is 2.66. The lowest BCUT2D eigenvalue weighted by Crippen LogP contribution is -2.32. The second-order valence-electron chi connectivity index (χ2n) is 8.61. The van der Waals surface area contributed by atoms with E-state index < -0.39 is 0 Å². The second-order valence-corrected chi connectivity index (χ2v) is 8.61. The summed E-state index contributed by atoms with van der Waals surface area (Å²) in [7, 11) is 0. The first kappa shape index (κ1) is 17.1. The number of allylic oxidation sites excluding steroid dienone is 2. The Morgan fingerprint density at radius 2 is 1.71 bits per heavy atom. The van der Waals surface area contributed by atoms with Crippen LogP contribution in [0.5, 0.6) is 11.5 Å². The Morgan fingerprint density at radius 3 is 2.50 bits per heavy atom. The zero-order valence-corrected chi connectivity index (χ0v) is 16.0. The molecule has 0 radical (unpaired) electrons. The van der Waals surface area contributed by atoms with Crippen LogP contribution in [0.15, 0.2) is 72.0 Å². The maximum Gasteiger partial charge on any atom is 0.163 e. The summed E-state index contributed by atoms with van der Waals surface area (Å²) in [6, 6.07) is 19.5. The summed E-state index contributed by atoms with van der Waals surface area (Å²) in [5.74, 6) is 1.85. The number of phenolic OH excluding ortho intramolecular Hbond substituents is 1. The largest absolute Gasteiger partial charge is 0.508 e. The number of carbonyl (C=O) groups is 1. The highest BCUT2D eigenvalue weighted by molar-refractivity contribution is 6.01. The maximum atomic E-state index is 13.2. The van der Waals surface area contributed by atoms with Crippen LogP contribution in [0.25, 0.3) is 10.8 Å². The van der Waals surface area contributed by atoms with E-state index in [0.717, 1.165) is 45.4 Å². The minimum atomic E-state index is -0.174. The third kappa shape index (κ3) is 2.62. The lowest BCUT2D eigenvalue weighted by Gasteiger charge is -2.38. The fourth-order valence-corrected chi connectivity index (χ4v) is 4.58. The van der Waals surface area contributed by atoms with Crippen molar-refractivity contribution in [1.82, 2.24) is 0 Å². The normalized spacial score (nSPS) is 20.5. The number of benzene rings is 3. The highest BCUT2D eigenvalue weighted by Crippen LogP contribution is 2.51. The molecule has 2 aliphatic rings. The lowest BCUT2D eigenvalue weighted by molar-refractivity contribution is -0.118. The third-order valence-corrected chi connectivity index (χ3v) is 5.84. The van der Waals surface area contributed by atoms with Crippen molar-refractivity contribution >= 4 is 16.6 Å². The van der Waals surface area contributed by atoms with Gasteiger partial charge in [-0.15, -0.1) is 0 Å². The van der Waals surface area contributed by atoms with Gasteiger partial charge in [-0.05, 0) is 28.5 Å². The Labute approximate surface area is 164 Å². The van der Waals surface area contributed by atoms with Crippen LogP contribution in [0, 0.1) is 5.41 Å². The first-order chi connectivity index (χ1) is 13.4. The van der Waals surface area contributed by atoms with Crippen molar-refractivity contribution in [3.05, 3.63) is 83.1 Å². The Morgan fingerprint density at radius 1 is 0.964 bits per heavy atom. The molecule has 1 aliphatic carbocycles. The van der Waals surface area contributed by atoms with Crippen molar-refractivity contribution in [2.75, 3.05) is 0 Å². The van der Waals surface area contributed by atoms with Gasteiger partial charge in [-0.25, -0.2) is 0 Å². The van der Waals surface area contributed by atoms with E-state index >= 15 is 0 Å². The highest BCUT2D eigenvalue weighted by atomic mass is 16.5. The monoisotopic (exact) mass is 370 g/mol. The summed E-state index contributed by atoms with van der Waals surface area (Å²) in [5.41, 5.74) is 2.67. The molecule has 3 nitrogen and oxygen atoms in total. The van der Waals surface area contributed by atoms with Gasteiger partial charge in [-0.1, -0.05) is 62.4 Å². The van der Waals surface area contributed by atoms with Crippen LogP contribution < -0.4 is 4.74 Å². The van der Waals surface area contributed by atoms with E-state index in [9.17, 15) is 9.90 Å². The van der Waals surface area contributed by atoms with Gasteiger partial charge in [0.25, 0.3) is 0 Å². The second kappa shape index (κ2) is 5.96. The van der Waals surface area contributed by atoms with Crippen LogP contribution in [0.3, 0.4) is 0 Å².